The average Bonchev–Trinajstić information content (AvgIpc) is 3.18. The number of rotatable bonds is 3. The maximum atomic E-state index is 14.9. The number of amidine groups is 1. The van der Waals surface area contributed by atoms with E-state index in [9.17, 15) is 9.18 Å². The Morgan fingerprint density at radius 2 is 2.17 bits per heavy atom. The fourth-order valence-corrected chi connectivity index (χ4v) is 5.52. The van der Waals surface area contributed by atoms with Gasteiger partial charge >= 0.3 is 0 Å². The van der Waals surface area contributed by atoms with Crippen LogP contribution >= 0.6 is 11.8 Å². The second-order valence-corrected chi connectivity index (χ2v) is 8.73. The van der Waals surface area contributed by atoms with Gasteiger partial charge in [0.05, 0.1) is 11.1 Å². The first-order chi connectivity index (χ1) is 14.5. The van der Waals surface area contributed by atoms with Crippen LogP contribution in [-0.4, -0.2) is 26.8 Å². The molecule has 1 aromatic carbocycles. The van der Waals surface area contributed by atoms with Crippen molar-refractivity contribution in [3.05, 3.63) is 65.9 Å². The van der Waals surface area contributed by atoms with E-state index >= 15 is 0 Å². The molecule has 1 aliphatic carbocycles. The Morgan fingerprint density at radius 1 is 1.27 bits per heavy atom. The average molecular weight is 422 g/mol. The van der Waals surface area contributed by atoms with Crippen molar-refractivity contribution in [2.75, 3.05) is 11.1 Å². The minimum atomic E-state index is -0.644. The Kier molecular flexibility index (Phi) is 4.66. The van der Waals surface area contributed by atoms with Crippen LogP contribution in [0.1, 0.15) is 35.3 Å². The third kappa shape index (κ3) is 3.21. The molecule has 1 aliphatic heterocycles. The molecule has 0 spiro atoms. The van der Waals surface area contributed by atoms with E-state index in [1.807, 2.05) is 0 Å². The van der Waals surface area contributed by atoms with Gasteiger partial charge in [0.25, 0.3) is 5.91 Å². The summed E-state index contributed by atoms with van der Waals surface area (Å²) in [6.45, 7) is 0. The highest BCUT2D eigenvalue weighted by molar-refractivity contribution is 8.13. The zero-order valence-corrected chi connectivity index (χ0v) is 17.0. The molecule has 30 heavy (non-hydrogen) atoms. The van der Waals surface area contributed by atoms with Crippen LogP contribution < -0.4 is 11.1 Å². The van der Waals surface area contributed by atoms with Crippen molar-refractivity contribution in [3.8, 4) is 0 Å². The van der Waals surface area contributed by atoms with Gasteiger partial charge in [-0.2, -0.15) is 0 Å². The smallest absolute Gasteiger partial charge is 0.274 e. The molecule has 0 unspecified atom stereocenters. The quantitative estimate of drug-likeness (QED) is 0.665. The zero-order valence-electron chi connectivity index (χ0n) is 16.1. The number of pyridine rings is 2. The van der Waals surface area contributed by atoms with E-state index in [-0.39, 0.29) is 23.3 Å². The van der Waals surface area contributed by atoms with Crippen molar-refractivity contribution in [1.82, 2.24) is 9.97 Å². The van der Waals surface area contributed by atoms with Gasteiger partial charge in [0.15, 0.2) is 5.17 Å². The number of nitrogens with zero attached hydrogens (tertiary/aromatic N) is 3. The fourth-order valence-electron chi connectivity index (χ4n) is 4.48. The van der Waals surface area contributed by atoms with Crippen LogP contribution in [0.5, 0.6) is 0 Å². The second-order valence-electron chi connectivity index (χ2n) is 7.69. The maximum Gasteiger partial charge on any atom is 0.274 e. The molecule has 1 saturated carbocycles. The Hall–Kier alpha value is -3.00. The maximum absolute atomic E-state index is 14.9. The number of hydrogen-bond acceptors (Lipinski definition) is 6. The van der Waals surface area contributed by atoms with Gasteiger partial charge in [-0.25, -0.2) is 9.37 Å². The molecular weight excluding hydrogens is 401 g/mol. The SMILES string of the molecule is NC1=N[C@@]2(c3cc(NC(=O)c4ccc5cnccc5n4)ccc3F)CCC[C@H]2CS1. The van der Waals surface area contributed by atoms with Gasteiger partial charge in [0.2, 0.25) is 0 Å². The largest absolute Gasteiger partial charge is 0.379 e. The number of benzene rings is 1. The summed E-state index contributed by atoms with van der Waals surface area (Å²) in [5, 5.41) is 4.20. The van der Waals surface area contributed by atoms with Crippen molar-refractivity contribution >= 4 is 39.4 Å². The van der Waals surface area contributed by atoms with Crippen molar-refractivity contribution in [3.63, 3.8) is 0 Å². The molecule has 152 valence electrons. The van der Waals surface area contributed by atoms with E-state index in [0.717, 1.165) is 30.4 Å². The first kappa shape index (κ1) is 19.0. The molecule has 1 amide bonds. The Balaban J connectivity index is 1.47. The number of hydrogen-bond donors (Lipinski definition) is 2. The van der Waals surface area contributed by atoms with Gasteiger partial charge in [-0.3, -0.25) is 14.8 Å². The molecule has 3 aromatic rings. The Bertz CT molecular complexity index is 1180. The number of carbonyl (C=O) groups excluding carboxylic acids is 1. The summed E-state index contributed by atoms with van der Waals surface area (Å²) in [6, 6.07) is 9.86. The summed E-state index contributed by atoms with van der Waals surface area (Å²) >= 11 is 1.53. The molecule has 3 N–H and O–H groups in total. The minimum Gasteiger partial charge on any atom is -0.379 e. The topological polar surface area (TPSA) is 93.3 Å². The first-order valence-electron chi connectivity index (χ1n) is 9.85. The second kappa shape index (κ2) is 7.36. The van der Waals surface area contributed by atoms with Gasteiger partial charge in [0, 0.05) is 34.8 Å². The van der Waals surface area contributed by atoms with E-state index in [1.54, 1.807) is 42.7 Å². The standard InChI is InChI=1S/C22H20FN5OS/c23-17-5-4-15(10-16(17)22-8-1-2-14(22)12-30-21(24)28-22)26-20(29)19-6-3-13-11-25-9-7-18(13)27-19/h3-7,9-11,14H,1-2,8,12H2,(H2,24,28)(H,26,29)/t14-,22-/m0/s1. The summed E-state index contributed by atoms with van der Waals surface area (Å²) in [7, 11) is 0. The van der Waals surface area contributed by atoms with Gasteiger partial charge in [0.1, 0.15) is 11.5 Å². The highest BCUT2D eigenvalue weighted by Crippen LogP contribution is 2.51. The van der Waals surface area contributed by atoms with E-state index in [1.165, 1.54) is 17.8 Å². The van der Waals surface area contributed by atoms with E-state index < -0.39 is 5.54 Å². The molecule has 1 fully saturated rings. The molecule has 0 saturated heterocycles. The first-order valence-corrected chi connectivity index (χ1v) is 10.8. The summed E-state index contributed by atoms with van der Waals surface area (Å²) in [5.41, 5.74) is 7.36. The number of aliphatic imine (C=N–C) groups is 1. The van der Waals surface area contributed by atoms with Crippen molar-refractivity contribution in [2.45, 2.75) is 24.8 Å². The molecule has 6 nitrogen and oxygen atoms in total. The number of anilines is 1. The highest BCUT2D eigenvalue weighted by atomic mass is 32.2. The predicted octanol–water partition coefficient (Wildman–Crippen LogP) is 4.08. The summed E-state index contributed by atoms with van der Waals surface area (Å²) in [5.74, 6) is 0.404. The number of carbonyl (C=O) groups is 1. The van der Waals surface area contributed by atoms with E-state index in [0.29, 0.717) is 21.9 Å². The van der Waals surface area contributed by atoms with Crippen LogP contribution in [-0.2, 0) is 5.54 Å². The molecule has 2 atom stereocenters. The van der Waals surface area contributed by atoms with Gasteiger partial charge in [-0.15, -0.1) is 0 Å². The third-order valence-electron chi connectivity index (χ3n) is 5.94. The van der Waals surface area contributed by atoms with Gasteiger partial charge in [-0.1, -0.05) is 18.2 Å². The van der Waals surface area contributed by atoms with Crippen molar-refractivity contribution in [1.29, 1.82) is 0 Å². The lowest BCUT2D eigenvalue weighted by molar-refractivity contribution is 0.102. The lowest BCUT2D eigenvalue weighted by Crippen LogP contribution is -2.37. The normalized spacial score (nSPS) is 23.1. The van der Waals surface area contributed by atoms with Crippen molar-refractivity contribution < 1.29 is 9.18 Å². The summed E-state index contributed by atoms with van der Waals surface area (Å²) < 4.78 is 14.9. The number of thioether (sulfide) groups is 1. The Labute approximate surface area is 177 Å². The summed E-state index contributed by atoms with van der Waals surface area (Å²) in [4.78, 5) is 25.9. The number of aromatic nitrogens is 2. The number of nitrogens with one attached hydrogen (secondary N) is 1. The van der Waals surface area contributed by atoms with Crippen LogP contribution in [0.15, 0.2) is 53.8 Å². The van der Waals surface area contributed by atoms with E-state index in [2.05, 4.69) is 15.3 Å². The van der Waals surface area contributed by atoms with Crippen LogP contribution in [0.4, 0.5) is 10.1 Å². The van der Waals surface area contributed by atoms with Crippen LogP contribution in [0.3, 0.4) is 0 Å². The highest BCUT2D eigenvalue weighted by Gasteiger charge is 2.48. The molecule has 2 aliphatic rings. The molecule has 5 rings (SSSR count). The minimum absolute atomic E-state index is 0.242. The van der Waals surface area contributed by atoms with Crippen LogP contribution in [0.2, 0.25) is 0 Å². The predicted molar refractivity (Wildman–Crippen MR) is 117 cm³/mol. The Morgan fingerprint density at radius 3 is 3.07 bits per heavy atom. The zero-order chi connectivity index (χ0) is 20.7. The third-order valence-corrected chi connectivity index (χ3v) is 6.90. The number of amides is 1. The number of fused-ring (bicyclic) bond motifs is 2. The molecular formula is C22H20FN5OS. The van der Waals surface area contributed by atoms with Crippen LogP contribution in [0, 0.1) is 11.7 Å². The molecule has 0 radical (unpaired) electrons. The number of nitrogens with two attached hydrogens (primary N) is 1. The molecule has 2 aromatic heterocycles. The van der Waals surface area contributed by atoms with Gasteiger partial charge in [-0.05, 0) is 55.2 Å². The summed E-state index contributed by atoms with van der Waals surface area (Å²) in [6.07, 6.45) is 6.06. The monoisotopic (exact) mass is 421 g/mol. The number of halogens is 1. The fraction of sp³-hybridized carbons (Fsp3) is 0.273. The lowest BCUT2D eigenvalue weighted by atomic mass is 9.81. The van der Waals surface area contributed by atoms with Crippen molar-refractivity contribution in [2.24, 2.45) is 16.6 Å². The van der Waals surface area contributed by atoms with E-state index in [4.69, 9.17) is 10.7 Å². The van der Waals surface area contributed by atoms with Gasteiger partial charge < -0.3 is 11.1 Å². The lowest BCUT2D eigenvalue weighted by Gasteiger charge is -2.36. The molecule has 0 bridgehead atoms. The van der Waals surface area contributed by atoms with Crippen LogP contribution in [0.25, 0.3) is 10.9 Å². The molecule has 8 heteroatoms. The molecule has 3 heterocycles.